The van der Waals surface area contributed by atoms with E-state index in [2.05, 4.69) is 14.9 Å². The lowest BCUT2D eigenvalue weighted by Gasteiger charge is -2.09. The zero-order valence-electron chi connectivity index (χ0n) is 9.97. The van der Waals surface area contributed by atoms with Gasteiger partial charge in [0.25, 0.3) is 0 Å². The first-order chi connectivity index (χ1) is 9.49. The van der Waals surface area contributed by atoms with Gasteiger partial charge in [-0.1, -0.05) is 34.9 Å². The van der Waals surface area contributed by atoms with Gasteiger partial charge in [-0.25, -0.2) is 4.39 Å². The van der Waals surface area contributed by atoms with Crippen LogP contribution in [0.2, 0.25) is 0 Å². The van der Waals surface area contributed by atoms with E-state index in [0.717, 1.165) is 28.2 Å². The fourth-order valence-electron chi connectivity index (χ4n) is 1.24. The van der Waals surface area contributed by atoms with E-state index in [-0.39, 0.29) is 5.69 Å². The lowest BCUT2D eigenvalue weighted by Crippen LogP contribution is -2.04. The van der Waals surface area contributed by atoms with Crippen molar-refractivity contribution in [3.05, 3.63) is 17.9 Å². The van der Waals surface area contributed by atoms with Crippen molar-refractivity contribution in [3.8, 4) is 5.75 Å². The second-order valence-electron chi connectivity index (χ2n) is 3.34. The maximum absolute atomic E-state index is 13.4. The topological polar surface area (TPSA) is 61.0 Å². The number of thioether (sulfide) groups is 1. The molecule has 0 aliphatic carbocycles. The second kappa shape index (κ2) is 6.55. The highest BCUT2D eigenvalue weighted by molar-refractivity contribution is 8.03. The van der Waals surface area contributed by atoms with Crippen LogP contribution in [0.3, 0.4) is 0 Å². The highest BCUT2D eigenvalue weighted by Gasteiger charge is 2.15. The molecule has 0 fully saturated rings. The van der Waals surface area contributed by atoms with Gasteiger partial charge in [0.2, 0.25) is 0 Å². The third-order valence-corrected chi connectivity index (χ3v) is 5.06. The van der Waals surface area contributed by atoms with Crippen molar-refractivity contribution in [2.75, 3.05) is 12.0 Å². The van der Waals surface area contributed by atoms with Crippen LogP contribution in [0, 0.1) is 5.82 Å². The standard InChI is InChI=1S/C10H8F3N3OS3/c1-18-9-15-16-10(20-9)19-7-3-6(17-8(12)13)4(11)2-5(7)14/h2-3,8H,14H2,1H3. The Morgan fingerprint density at radius 2 is 2.00 bits per heavy atom. The minimum atomic E-state index is -3.10. The highest BCUT2D eigenvalue weighted by atomic mass is 32.2. The van der Waals surface area contributed by atoms with E-state index in [1.807, 2.05) is 6.26 Å². The summed E-state index contributed by atoms with van der Waals surface area (Å²) >= 11 is 3.88. The predicted molar refractivity (Wildman–Crippen MR) is 73.3 cm³/mol. The number of halogens is 3. The molecule has 0 aliphatic rings. The summed E-state index contributed by atoms with van der Waals surface area (Å²) in [6.45, 7) is -3.10. The van der Waals surface area contributed by atoms with Crippen molar-refractivity contribution in [2.45, 2.75) is 20.2 Å². The molecule has 0 aliphatic heterocycles. The lowest BCUT2D eigenvalue weighted by atomic mass is 10.3. The molecule has 2 rings (SSSR count). The van der Waals surface area contributed by atoms with Crippen LogP contribution in [0.15, 0.2) is 25.7 Å². The number of rotatable bonds is 5. The summed E-state index contributed by atoms with van der Waals surface area (Å²) in [6.07, 6.45) is 1.86. The van der Waals surface area contributed by atoms with E-state index in [1.54, 1.807) is 0 Å². The highest BCUT2D eigenvalue weighted by Crippen LogP contribution is 2.38. The molecule has 0 saturated carbocycles. The van der Waals surface area contributed by atoms with Gasteiger partial charge in [-0.15, -0.1) is 10.2 Å². The Balaban J connectivity index is 2.26. The fourth-order valence-corrected chi connectivity index (χ4v) is 3.69. The van der Waals surface area contributed by atoms with Crippen molar-refractivity contribution >= 4 is 40.5 Å². The molecule has 2 N–H and O–H groups in total. The van der Waals surface area contributed by atoms with Crippen LogP contribution in [-0.4, -0.2) is 23.1 Å². The van der Waals surface area contributed by atoms with Crippen LogP contribution in [0.25, 0.3) is 0 Å². The average Bonchev–Trinajstić information content (AvgIpc) is 2.82. The van der Waals surface area contributed by atoms with E-state index >= 15 is 0 Å². The normalized spacial score (nSPS) is 11.1. The van der Waals surface area contributed by atoms with Gasteiger partial charge in [-0.05, 0) is 12.3 Å². The minimum Gasteiger partial charge on any atom is -0.432 e. The van der Waals surface area contributed by atoms with E-state index in [9.17, 15) is 13.2 Å². The molecule has 0 radical (unpaired) electrons. The summed E-state index contributed by atoms with van der Waals surface area (Å²) in [4.78, 5) is 0.380. The number of nitrogens with two attached hydrogens (primary N) is 1. The number of ether oxygens (including phenoxy) is 1. The van der Waals surface area contributed by atoms with Crippen molar-refractivity contribution < 1.29 is 17.9 Å². The molecule has 1 aromatic carbocycles. The number of anilines is 1. The van der Waals surface area contributed by atoms with E-state index < -0.39 is 18.2 Å². The number of hydrogen-bond acceptors (Lipinski definition) is 7. The maximum atomic E-state index is 13.4. The Morgan fingerprint density at radius 1 is 1.30 bits per heavy atom. The maximum Gasteiger partial charge on any atom is 0.387 e. The van der Waals surface area contributed by atoms with Gasteiger partial charge in [0.15, 0.2) is 20.2 Å². The number of benzene rings is 1. The quantitative estimate of drug-likeness (QED) is 0.661. The molecule has 20 heavy (non-hydrogen) atoms. The molecule has 1 aromatic heterocycles. The van der Waals surface area contributed by atoms with Crippen LogP contribution in [0.4, 0.5) is 18.9 Å². The first-order valence-corrected chi connectivity index (χ1v) is 7.94. The average molecular weight is 339 g/mol. The third kappa shape index (κ3) is 3.70. The Kier molecular flexibility index (Phi) is 5.00. The molecule has 1 heterocycles. The van der Waals surface area contributed by atoms with Gasteiger partial charge in [-0.2, -0.15) is 8.78 Å². The summed E-state index contributed by atoms with van der Waals surface area (Å²) < 4.78 is 43.2. The monoisotopic (exact) mass is 339 g/mol. The van der Waals surface area contributed by atoms with Gasteiger partial charge < -0.3 is 10.5 Å². The molecular weight excluding hydrogens is 331 g/mol. The molecule has 0 spiro atoms. The van der Waals surface area contributed by atoms with Gasteiger partial charge in [-0.3, -0.25) is 0 Å². The Labute approximate surface area is 124 Å². The molecule has 2 aromatic rings. The third-order valence-electron chi connectivity index (χ3n) is 2.04. The summed E-state index contributed by atoms with van der Waals surface area (Å²) in [5.41, 5.74) is 5.78. The number of nitrogen functional groups attached to an aromatic ring is 1. The summed E-state index contributed by atoms with van der Waals surface area (Å²) in [5, 5.41) is 7.80. The van der Waals surface area contributed by atoms with E-state index in [4.69, 9.17) is 5.73 Å². The van der Waals surface area contributed by atoms with Crippen molar-refractivity contribution in [3.63, 3.8) is 0 Å². The summed E-state index contributed by atoms with van der Waals surface area (Å²) in [7, 11) is 0. The number of alkyl halides is 2. The number of hydrogen-bond donors (Lipinski definition) is 1. The first-order valence-electron chi connectivity index (χ1n) is 5.08. The molecule has 0 saturated heterocycles. The van der Waals surface area contributed by atoms with Gasteiger partial charge in [0, 0.05) is 16.6 Å². The van der Waals surface area contributed by atoms with Gasteiger partial charge in [0.1, 0.15) is 0 Å². The Bertz CT molecular complexity index is 609. The number of nitrogens with zero attached hydrogens (tertiary/aromatic N) is 2. The van der Waals surface area contributed by atoms with Crippen molar-refractivity contribution in [1.82, 2.24) is 10.2 Å². The molecule has 0 unspecified atom stereocenters. The molecular formula is C10H8F3N3OS3. The molecule has 108 valence electrons. The van der Waals surface area contributed by atoms with Crippen LogP contribution >= 0.6 is 34.9 Å². The van der Waals surface area contributed by atoms with Crippen LogP contribution in [-0.2, 0) is 0 Å². The zero-order valence-corrected chi connectivity index (χ0v) is 12.4. The van der Waals surface area contributed by atoms with E-state index in [1.165, 1.54) is 23.1 Å². The number of aromatic nitrogens is 2. The van der Waals surface area contributed by atoms with Crippen LogP contribution in [0.1, 0.15) is 0 Å². The second-order valence-corrected chi connectivity index (χ2v) is 6.66. The summed E-state index contributed by atoms with van der Waals surface area (Å²) in [6, 6.07) is 2.07. The molecule has 0 bridgehead atoms. The fraction of sp³-hybridized carbons (Fsp3) is 0.200. The molecule has 4 nitrogen and oxygen atoms in total. The molecule has 0 atom stereocenters. The summed E-state index contributed by atoms with van der Waals surface area (Å²) in [5.74, 6) is -1.49. The smallest absolute Gasteiger partial charge is 0.387 e. The largest absolute Gasteiger partial charge is 0.432 e. The van der Waals surface area contributed by atoms with E-state index in [0.29, 0.717) is 9.24 Å². The van der Waals surface area contributed by atoms with Crippen molar-refractivity contribution in [2.24, 2.45) is 0 Å². The predicted octanol–water partition coefficient (Wildman–Crippen LogP) is 3.73. The van der Waals surface area contributed by atoms with Gasteiger partial charge >= 0.3 is 6.61 Å². The zero-order chi connectivity index (χ0) is 14.7. The molecule has 0 amide bonds. The lowest BCUT2D eigenvalue weighted by molar-refractivity contribution is -0.0523. The molecule has 10 heteroatoms. The van der Waals surface area contributed by atoms with Crippen LogP contribution in [0.5, 0.6) is 5.75 Å². The Hall–Kier alpha value is -1.13. The Morgan fingerprint density at radius 3 is 2.60 bits per heavy atom. The SMILES string of the molecule is CSc1nnc(Sc2cc(OC(F)F)c(F)cc2N)s1. The first kappa shape index (κ1) is 15.3. The van der Waals surface area contributed by atoms with Crippen LogP contribution < -0.4 is 10.5 Å². The van der Waals surface area contributed by atoms with Gasteiger partial charge in [0.05, 0.1) is 0 Å². The minimum absolute atomic E-state index is 0.120. The van der Waals surface area contributed by atoms with Crippen molar-refractivity contribution in [1.29, 1.82) is 0 Å².